The molecule has 2 aromatic rings. The van der Waals surface area contributed by atoms with Crippen LogP contribution in [0.1, 0.15) is 57.9 Å². The van der Waals surface area contributed by atoms with E-state index in [2.05, 4.69) is 15.6 Å². The lowest BCUT2D eigenvalue weighted by Crippen LogP contribution is -2.57. The number of amides is 3. The lowest BCUT2D eigenvalue weighted by molar-refractivity contribution is -0.133. The Labute approximate surface area is 265 Å². The fourth-order valence-electron chi connectivity index (χ4n) is 6.94. The second-order valence-electron chi connectivity index (χ2n) is 13.2. The zero-order valence-corrected chi connectivity index (χ0v) is 26.5. The molecule has 1 aromatic carbocycles. The summed E-state index contributed by atoms with van der Waals surface area (Å²) in [6, 6.07) is 9.48. The summed E-state index contributed by atoms with van der Waals surface area (Å²) < 4.78 is 17.0. The van der Waals surface area contributed by atoms with E-state index in [4.69, 9.17) is 14.2 Å². The Morgan fingerprint density at radius 2 is 1.89 bits per heavy atom. The number of anilines is 2. The smallest absolute Gasteiger partial charge is 0.270 e. The van der Waals surface area contributed by atoms with Crippen LogP contribution in [-0.2, 0) is 29.3 Å². The molecule has 3 fully saturated rings. The molecule has 2 atom stereocenters. The van der Waals surface area contributed by atoms with Gasteiger partial charge in [0.15, 0.2) is 5.60 Å². The summed E-state index contributed by atoms with van der Waals surface area (Å²) in [5, 5.41) is 6.71. The number of nitrogens with zero attached hydrogens (tertiary/aromatic N) is 3. The molecule has 1 saturated carbocycles. The predicted octanol–water partition coefficient (Wildman–Crippen LogP) is 2.96. The Morgan fingerprint density at radius 3 is 2.60 bits per heavy atom. The normalized spacial score (nSPS) is 23.9. The third-order valence-corrected chi connectivity index (χ3v) is 9.57. The van der Waals surface area contributed by atoms with E-state index >= 15 is 0 Å². The monoisotopic (exact) mass is 619 g/mol. The molecule has 4 heterocycles. The highest BCUT2D eigenvalue weighted by Crippen LogP contribution is 2.43. The van der Waals surface area contributed by atoms with Gasteiger partial charge in [0.1, 0.15) is 5.75 Å². The molecule has 0 bridgehead atoms. The molecular weight excluding hydrogens is 574 g/mol. The first kappa shape index (κ1) is 31.4. The van der Waals surface area contributed by atoms with Gasteiger partial charge in [0.05, 0.1) is 17.0 Å². The molecule has 6 rings (SSSR count). The molecule has 0 unspecified atom stereocenters. The molecular formula is C34H45N5O6. The molecule has 0 spiro atoms. The van der Waals surface area contributed by atoms with Crippen molar-refractivity contribution in [3.05, 3.63) is 48.3 Å². The van der Waals surface area contributed by atoms with Crippen LogP contribution in [0.2, 0.25) is 0 Å². The summed E-state index contributed by atoms with van der Waals surface area (Å²) >= 11 is 0. The van der Waals surface area contributed by atoms with Crippen molar-refractivity contribution < 1.29 is 28.6 Å². The van der Waals surface area contributed by atoms with E-state index in [9.17, 15) is 14.4 Å². The fourth-order valence-corrected chi connectivity index (χ4v) is 6.94. The zero-order valence-electron chi connectivity index (χ0n) is 26.5. The van der Waals surface area contributed by atoms with Gasteiger partial charge in [0, 0.05) is 76.7 Å². The lowest BCUT2D eigenvalue weighted by atomic mass is 9.73. The highest BCUT2D eigenvalue weighted by atomic mass is 16.5. The second-order valence-corrected chi connectivity index (χ2v) is 13.2. The molecule has 4 aliphatic rings. The quantitative estimate of drug-likeness (QED) is 0.390. The predicted molar refractivity (Wildman–Crippen MR) is 169 cm³/mol. The topological polar surface area (TPSA) is 122 Å². The van der Waals surface area contributed by atoms with Crippen LogP contribution >= 0.6 is 0 Å². The van der Waals surface area contributed by atoms with Crippen LogP contribution in [0.4, 0.5) is 11.4 Å². The van der Waals surface area contributed by atoms with Crippen LogP contribution in [0.3, 0.4) is 0 Å². The number of hydrogen-bond donors (Lipinski definition) is 2. The van der Waals surface area contributed by atoms with Crippen molar-refractivity contribution in [2.24, 2.45) is 5.92 Å². The van der Waals surface area contributed by atoms with Crippen molar-refractivity contribution >= 4 is 29.1 Å². The summed E-state index contributed by atoms with van der Waals surface area (Å²) in [6.45, 7) is 6.78. The second kappa shape index (κ2) is 13.1. The molecule has 3 amide bonds. The lowest BCUT2D eigenvalue weighted by Gasteiger charge is -2.40. The van der Waals surface area contributed by atoms with Gasteiger partial charge in [-0.3, -0.25) is 19.4 Å². The minimum absolute atomic E-state index is 0.0215. The number of pyridine rings is 1. The van der Waals surface area contributed by atoms with Crippen molar-refractivity contribution in [2.45, 2.75) is 75.5 Å². The first-order chi connectivity index (χ1) is 21.7. The number of fused-ring (bicyclic) bond motifs is 1. The van der Waals surface area contributed by atoms with E-state index in [1.807, 2.05) is 35.2 Å². The number of nitrogens with one attached hydrogen (secondary N) is 2. The van der Waals surface area contributed by atoms with Gasteiger partial charge in [0.2, 0.25) is 11.8 Å². The van der Waals surface area contributed by atoms with Crippen LogP contribution in [0.25, 0.3) is 0 Å². The maximum absolute atomic E-state index is 14.2. The molecule has 242 valence electrons. The summed E-state index contributed by atoms with van der Waals surface area (Å²) in [5.74, 6) is 0.223. The number of carbonyl (C=O) groups is 3. The van der Waals surface area contributed by atoms with Crippen LogP contribution in [0.15, 0.2) is 42.7 Å². The third-order valence-electron chi connectivity index (χ3n) is 9.57. The number of carbonyl (C=O) groups excluding carboxylic acids is 3. The summed E-state index contributed by atoms with van der Waals surface area (Å²) in [4.78, 5) is 49.4. The van der Waals surface area contributed by atoms with Crippen LogP contribution in [0.5, 0.6) is 5.75 Å². The van der Waals surface area contributed by atoms with Gasteiger partial charge in [-0.25, -0.2) is 0 Å². The minimum atomic E-state index is -0.985. The first-order valence-electron chi connectivity index (χ1n) is 16.2. The summed E-state index contributed by atoms with van der Waals surface area (Å²) in [5.41, 5.74) is 0.728. The molecule has 45 heavy (non-hydrogen) atoms. The SMILES string of the molecule is COCCCN1C(=O)C(C)(C)Oc2ccc(N(C(=O)[C@H]3CNC[C@@H](NC(=O)C4(c5ccncc5)CCOCC4)C3)C3CC3)cc21. The van der Waals surface area contributed by atoms with E-state index in [0.717, 1.165) is 24.1 Å². The largest absolute Gasteiger partial charge is 0.476 e. The molecule has 0 radical (unpaired) electrons. The average Bonchev–Trinajstić information content (AvgIpc) is 3.89. The number of piperidine rings is 1. The Morgan fingerprint density at radius 1 is 1.13 bits per heavy atom. The van der Waals surface area contributed by atoms with Crippen molar-refractivity contribution in [1.82, 2.24) is 15.6 Å². The molecule has 11 nitrogen and oxygen atoms in total. The first-order valence-corrected chi connectivity index (χ1v) is 16.2. The molecule has 1 aromatic heterocycles. The summed E-state index contributed by atoms with van der Waals surface area (Å²) in [6.07, 6.45) is 7.75. The molecule has 3 aliphatic heterocycles. The number of rotatable bonds is 10. The highest BCUT2D eigenvalue weighted by Gasteiger charge is 2.45. The Bertz CT molecular complexity index is 1390. The molecule has 1 aliphatic carbocycles. The Kier molecular flexibility index (Phi) is 9.12. The van der Waals surface area contributed by atoms with E-state index in [-0.39, 0.29) is 35.7 Å². The average molecular weight is 620 g/mol. The standard InChI is InChI=1S/C34H45N5O6/c1-33(2)32(42)38(15-4-16-43-3)28-20-27(7-8-29(28)45-33)39(26-5-6-26)30(40)23-19-25(22-36-21-23)37-31(41)34(11-17-44-18-12-34)24-9-13-35-14-10-24/h7-10,13-14,20,23,25-26,36H,4-6,11-12,15-19,21-22H2,1-3H3,(H,37,41)/t23-,25+/m1/s1. The van der Waals surface area contributed by atoms with Gasteiger partial charge >= 0.3 is 0 Å². The van der Waals surface area contributed by atoms with Crippen LogP contribution < -0.4 is 25.2 Å². The van der Waals surface area contributed by atoms with E-state index in [1.165, 1.54) is 0 Å². The molecule has 11 heteroatoms. The van der Waals surface area contributed by atoms with Gasteiger partial charge in [-0.15, -0.1) is 0 Å². The molecule has 2 saturated heterocycles. The fraction of sp³-hybridized carbons (Fsp3) is 0.588. The van der Waals surface area contributed by atoms with Gasteiger partial charge in [-0.1, -0.05) is 0 Å². The number of benzene rings is 1. The van der Waals surface area contributed by atoms with Crippen molar-refractivity contribution in [3.63, 3.8) is 0 Å². The number of ether oxygens (including phenoxy) is 3. The van der Waals surface area contributed by atoms with E-state index in [0.29, 0.717) is 76.6 Å². The van der Waals surface area contributed by atoms with Crippen molar-refractivity contribution in [1.29, 1.82) is 0 Å². The maximum atomic E-state index is 14.2. The number of aromatic nitrogens is 1. The van der Waals surface area contributed by atoms with Crippen LogP contribution in [-0.4, -0.2) is 87.0 Å². The number of methoxy groups -OCH3 is 1. The Hall–Kier alpha value is -3.54. The Balaban J connectivity index is 1.20. The van der Waals surface area contributed by atoms with Gasteiger partial charge in [-0.2, -0.15) is 0 Å². The van der Waals surface area contributed by atoms with Gasteiger partial charge < -0.3 is 34.6 Å². The van der Waals surface area contributed by atoms with Crippen LogP contribution in [0, 0.1) is 5.92 Å². The van der Waals surface area contributed by atoms with Gasteiger partial charge in [0.25, 0.3) is 5.91 Å². The number of hydrogen-bond acceptors (Lipinski definition) is 8. The van der Waals surface area contributed by atoms with E-state index < -0.39 is 11.0 Å². The van der Waals surface area contributed by atoms with E-state index in [1.54, 1.807) is 38.3 Å². The maximum Gasteiger partial charge on any atom is 0.270 e. The minimum Gasteiger partial charge on any atom is -0.476 e. The zero-order chi connectivity index (χ0) is 31.6. The highest BCUT2D eigenvalue weighted by molar-refractivity contribution is 6.04. The van der Waals surface area contributed by atoms with Crippen molar-refractivity contribution in [3.8, 4) is 5.75 Å². The summed E-state index contributed by atoms with van der Waals surface area (Å²) in [7, 11) is 1.65. The van der Waals surface area contributed by atoms with Gasteiger partial charge in [-0.05, 0) is 88.3 Å². The third kappa shape index (κ3) is 6.43. The van der Waals surface area contributed by atoms with Crippen molar-refractivity contribution in [2.75, 3.05) is 56.4 Å². The molecule has 2 N–H and O–H groups in total.